The summed E-state index contributed by atoms with van der Waals surface area (Å²) in [6, 6.07) is 0. The van der Waals surface area contributed by atoms with Gasteiger partial charge in [-0.1, -0.05) is 0 Å². The lowest BCUT2D eigenvalue weighted by Crippen LogP contribution is -2.23. The molecule has 0 aliphatic carbocycles. The van der Waals surface area contributed by atoms with Crippen molar-refractivity contribution in [3.05, 3.63) is 16.0 Å². The fourth-order valence-corrected chi connectivity index (χ4v) is 1.46. The summed E-state index contributed by atoms with van der Waals surface area (Å²) in [5, 5.41) is 11.2. The molecule has 0 saturated heterocycles. The molecule has 6 heteroatoms. The Bertz CT molecular complexity index is 538. The Morgan fingerprint density at radius 3 is 2.93 bits per heavy atom. The van der Waals surface area contributed by atoms with Crippen molar-refractivity contribution in [2.24, 2.45) is 0 Å². The molecule has 0 aromatic carbocycles. The van der Waals surface area contributed by atoms with E-state index in [-0.39, 0.29) is 5.56 Å². The number of aryl methyl sites for hydroxylation is 2. The van der Waals surface area contributed by atoms with E-state index in [1.54, 1.807) is 0 Å². The van der Waals surface area contributed by atoms with E-state index in [0.717, 1.165) is 5.69 Å². The van der Waals surface area contributed by atoms with Crippen molar-refractivity contribution in [2.75, 3.05) is 5.73 Å². The van der Waals surface area contributed by atoms with Gasteiger partial charge in [-0.05, 0) is 13.8 Å². The van der Waals surface area contributed by atoms with Gasteiger partial charge < -0.3 is 5.73 Å². The molecule has 0 atom stereocenters. The number of nitrogen functional groups attached to an aromatic ring is 1. The van der Waals surface area contributed by atoms with Gasteiger partial charge in [0.05, 0.1) is 5.39 Å². The molecule has 3 N–H and O–H groups in total. The molecule has 0 saturated carbocycles. The van der Waals surface area contributed by atoms with E-state index in [0.29, 0.717) is 23.3 Å². The fraction of sp³-hybridized carbons (Fsp3) is 0.375. The molecule has 0 radical (unpaired) electrons. The summed E-state index contributed by atoms with van der Waals surface area (Å²) in [4.78, 5) is 11.7. The Kier molecular flexibility index (Phi) is 1.77. The lowest BCUT2D eigenvalue weighted by atomic mass is 10.3. The predicted octanol–water partition coefficient (Wildman–Crippen LogP) is 0.0301. The highest BCUT2D eigenvalue weighted by Gasteiger charge is 2.12. The van der Waals surface area contributed by atoms with Gasteiger partial charge in [0.1, 0.15) is 0 Å². The van der Waals surface area contributed by atoms with Crippen LogP contribution in [0.4, 0.5) is 5.82 Å². The van der Waals surface area contributed by atoms with Crippen LogP contribution in [0.15, 0.2) is 4.79 Å². The van der Waals surface area contributed by atoms with Gasteiger partial charge in [0.25, 0.3) is 5.56 Å². The molecule has 0 unspecified atom stereocenters. The first kappa shape index (κ1) is 8.74. The first-order chi connectivity index (χ1) is 6.65. The van der Waals surface area contributed by atoms with Crippen molar-refractivity contribution in [3.8, 4) is 0 Å². The summed E-state index contributed by atoms with van der Waals surface area (Å²) in [5.41, 5.74) is 6.64. The number of hydrogen-bond acceptors (Lipinski definition) is 4. The lowest BCUT2D eigenvalue weighted by Gasteiger charge is -2.01. The minimum absolute atomic E-state index is 0.207. The maximum atomic E-state index is 11.7. The fourth-order valence-electron chi connectivity index (χ4n) is 1.46. The maximum absolute atomic E-state index is 11.7. The van der Waals surface area contributed by atoms with E-state index in [1.807, 2.05) is 13.8 Å². The lowest BCUT2D eigenvalue weighted by molar-refractivity contribution is 0.626. The van der Waals surface area contributed by atoms with Crippen LogP contribution in [0.1, 0.15) is 12.6 Å². The number of nitrogens with one attached hydrogen (secondary N) is 1. The number of rotatable bonds is 1. The van der Waals surface area contributed by atoms with Crippen molar-refractivity contribution >= 4 is 16.7 Å². The van der Waals surface area contributed by atoms with E-state index < -0.39 is 0 Å². The third-order valence-corrected chi connectivity index (χ3v) is 2.17. The van der Waals surface area contributed by atoms with Crippen LogP contribution in [-0.4, -0.2) is 20.0 Å². The third-order valence-electron chi connectivity index (χ3n) is 2.17. The van der Waals surface area contributed by atoms with Gasteiger partial charge in [0.15, 0.2) is 11.3 Å². The van der Waals surface area contributed by atoms with Crippen molar-refractivity contribution in [2.45, 2.75) is 20.4 Å². The number of anilines is 1. The van der Waals surface area contributed by atoms with Gasteiger partial charge in [-0.25, -0.2) is 4.68 Å². The monoisotopic (exact) mass is 193 g/mol. The van der Waals surface area contributed by atoms with E-state index in [1.165, 1.54) is 4.68 Å². The highest BCUT2D eigenvalue weighted by atomic mass is 16.1. The van der Waals surface area contributed by atoms with Crippen LogP contribution in [0.5, 0.6) is 0 Å². The second-order valence-electron chi connectivity index (χ2n) is 3.08. The zero-order valence-corrected chi connectivity index (χ0v) is 8.03. The van der Waals surface area contributed by atoms with Crippen molar-refractivity contribution in [3.63, 3.8) is 0 Å². The molecule has 0 aliphatic rings. The Morgan fingerprint density at radius 2 is 2.29 bits per heavy atom. The molecule has 2 aromatic rings. The van der Waals surface area contributed by atoms with E-state index in [9.17, 15) is 4.79 Å². The Balaban J connectivity index is 2.97. The number of aromatic nitrogens is 4. The SMILES string of the molecule is CCn1nc(N)c2c(C)[nH]nc2c1=O. The van der Waals surface area contributed by atoms with Crippen LogP contribution in [0.3, 0.4) is 0 Å². The quantitative estimate of drug-likeness (QED) is 0.668. The molecular formula is C8H11N5O. The Labute approximate surface area is 79.7 Å². The van der Waals surface area contributed by atoms with E-state index in [4.69, 9.17) is 5.73 Å². The second-order valence-corrected chi connectivity index (χ2v) is 3.08. The molecule has 74 valence electrons. The Morgan fingerprint density at radius 1 is 1.57 bits per heavy atom. The number of hydrogen-bond donors (Lipinski definition) is 2. The highest BCUT2D eigenvalue weighted by Crippen LogP contribution is 2.16. The zero-order valence-electron chi connectivity index (χ0n) is 8.03. The highest BCUT2D eigenvalue weighted by molar-refractivity contribution is 5.89. The number of H-pyrrole nitrogens is 1. The average molecular weight is 193 g/mol. The molecule has 2 heterocycles. The second kappa shape index (κ2) is 2.83. The topological polar surface area (TPSA) is 89.6 Å². The predicted molar refractivity (Wildman–Crippen MR) is 53.0 cm³/mol. The van der Waals surface area contributed by atoms with Crippen LogP contribution in [0.25, 0.3) is 10.9 Å². The minimum Gasteiger partial charge on any atom is -0.382 e. The summed E-state index contributed by atoms with van der Waals surface area (Å²) < 4.78 is 1.30. The van der Waals surface area contributed by atoms with Gasteiger partial charge in [-0.3, -0.25) is 9.89 Å². The van der Waals surface area contributed by atoms with Crippen LogP contribution in [0, 0.1) is 6.92 Å². The summed E-state index contributed by atoms with van der Waals surface area (Å²) in [6.07, 6.45) is 0. The molecule has 0 spiro atoms. The van der Waals surface area contributed by atoms with Crippen LogP contribution in [-0.2, 0) is 6.54 Å². The normalized spacial score (nSPS) is 11.0. The number of fused-ring (bicyclic) bond motifs is 1. The van der Waals surface area contributed by atoms with Gasteiger partial charge >= 0.3 is 0 Å². The molecule has 0 aliphatic heterocycles. The zero-order chi connectivity index (χ0) is 10.3. The maximum Gasteiger partial charge on any atom is 0.295 e. The van der Waals surface area contributed by atoms with Crippen LogP contribution >= 0.6 is 0 Å². The molecule has 6 nitrogen and oxygen atoms in total. The third kappa shape index (κ3) is 1.00. The summed E-state index contributed by atoms with van der Waals surface area (Å²) >= 11 is 0. The van der Waals surface area contributed by atoms with Gasteiger partial charge in [-0.2, -0.15) is 10.2 Å². The molecule has 0 bridgehead atoms. The average Bonchev–Trinajstić information content (AvgIpc) is 2.54. The number of nitrogens with two attached hydrogens (primary N) is 1. The standard InChI is InChI=1S/C8H11N5O/c1-3-13-8(14)6-5(7(9)12-13)4(2)10-11-6/h3H2,1-2H3,(H2,9,12)(H,10,11). The molecule has 0 fully saturated rings. The van der Waals surface area contributed by atoms with Crippen LogP contribution in [0.2, 0.25) is 0 Å². The molecule has 2 aromatic heterocycles. The summed E-state index contributed by atoms with van der Waals surface area (Å²) in [5.74, 6) is 0.340. The number of aromatic amines is 1. The molecule has 0 amide bonds. The van der Waals surface area contributed by atoms with Crippen molar-refractivity contribution in [1.82, 2.24) is 20.0 Å². The van der Waals surface area contributed by atoms with Crippen molar-refractivity contribution in [1.29, 1.82) is 0 Å². The molecule has 2 rings (SSSR count). The Hall–Kier alpha value is -1.85. The van der Waals surface area contributed by atoms with Crippen LogP contribution < -0.4 is 11.3 Å². The van der Waals surface area contributed by atoms with Gasteiger partial charge in [-0.15, -0.1) is 0 Å². The van der Waals surface area contributed by atoms with Crippen molar-refractivity contribution < 1.29 is 0 Å². The number of nitrogens with zero attached hydrogens (tertiary/aromatic N) is 3. The molecular weight excluding hydrogens is 182 g/mol. The first-order valence-electron chi connectivity index (χ1n) is 4.36. The molecule has 14 heavy (non-hydrogen) atoms. The minimum atomic E-state index is -0.207. The summed E-state index contributed by atoms with van der Waals surface area (Å²) in [7, 11) is 0. The van der Waals surface area contributed by atoms with Gasteiger partial charge in [0, 0.05) is 12.2 Å². The largest absolute Gasteiger partial charge is 0.382 e. The van der Waals surface area contributed by atoms with E-state index in [2.05, 4.69) is 15.3 Å². The van der Waals surface area contributed by atoms with E-state index >= 15 is 0 Å². The smallest absolute Gasteiger partial charge is 0.295 e. The first-order valence-corrected chi connectivity index (χ1v) is 4.36. The summed E-state index contributed by atoms with van der Waals surface area (Å²) in [6.45, 7) is 4.13. The van der Waals surface area contributed by atoms with Gasteiger partial charge in [0.2, 0.25) is 0 Å².